The van der Waals surface area contributed by atoms with Gasteiger partial charge in [0.05, 0.1) is 11.1 Å². The summed E-state index contributed by atoms with van der Waals surface area (Å²) >= 11 is 0. The summed E-state index contributed by atoms with van der Waals surface area (Å²) in [6.07, 6.45) is -3.81. The smallest absolute Gasteiger partial charge is 0.348 e. The third kappa shape index (κ3) is 4.38. The lowest BCUT2D eigenvalue weighted by Crippen LogP contribution is -2.47. The van der Waals surface area contributed by atoms with Gasteiger partial charge in [0, 0.05) is 25.2 Å². The molecule has 148 valence electrons. The van der Waals surface area contributed by atoms with Crippen molar-refractivity contribution in [3.8, 4) is 0 Å². The predicted molar refractivity (Wildman–Crippen MR) is 92.7 cm³/mol. The van der Waals surface area contributed by atoms with E-state index in [2.05, 4.69) is 15.5 Å². The predicted octanol–water partition coefficient (Wildman–Crippen LogP) is 1.82. The molecule has 0 bridgehead atoms. The first kappa shape index (κ1) is 19.6. The number of carbonyl (C=O) groups excluding carboxylic acids is 2. The SMILES string of the molecule is O=C(NC1CCN(C(=O)c2ccccc2C(F)(F)F)CC1)c1ccc(=O)[nH]n1. The summed E-state index contributed by atoms with van der Waals surface area (Å²) in [4.78, 5) is 37.0. The van der Waals surface area contributed by atoms with Crippen LogP contribution in [0.25, 0.3) is 0 Å². The average molecular weight is 394 g/mol. The van der Waals surface area contributed by atoms with Crippen LogP contribution in [-0.2, 0) is 6.18 Å². The van der Waals surface area contributed by atoms with Gasteiger partial charge in [0.1, 0.15) is 5.69 Å². The van der Waals surface area contributed by atoms with Gasteiger partial charge in [-0.2, -0.15) is 18.3 Å². The van der Waals surface area contributed by atoms with Gasteiger partial charge in [-0.1, -0.05) is 12.1 Å². The van der Waals surface area contributed by atoms with Gasteiger partial charge in [-0.25, -0.2) is 5.10 Å². The highest BCUT2D eigenvalue weighted by atomic mass is 19.4. The molecule has 1 aromatic heterocycles. The van der Waals surface area contributed by atoms with E-state index in [-0.39, 0.29) is 30.4 Å². The maximum Gasteiger partial charge on any atom is 0.417 e. The van der Waals surface area contributed by atoms with Crippen LogP contribution in [0, 0.1) is 0 Å². The van der Waals surface area contributed by atoms with E-state index < -0.39 is 29.1 Å². The molecule has 1 saturated heterocycles. The number of aromatic amines is 1. The van der Waals surface area contributed by atoms with Crippen molar-refractivity contribution in [1.29, 1.82) is 0 Å². The fourth-order valence-electron chi connectivity index (χ4n) is 3.04. The van der Waals surface area contributed by atoms with Crippen molar-refractivity contribution in [2.75, 3.05) is 13.1 Å². The summed E-state index contributed by atoms with van der Waals surface area (Å²) in [5.74, 6) is -1.15. The number of nitrogens with zero attached hydrogens (tertiary/aromatic N) is 2. The standard InChI is InChI=1S/C18H17F3N4O3/c19-18(20,21)13-4-2-1-3-12(13)17(28)25-9-7-11(8-10-25)22-16(27)14-5-6-15(26)24-23-14/h1-6,11H,7-10H2,(H,22,27)(H,24,26). The van der Waals surface area contributed by atoms with Crippen molar-refractivity contribution < 1.29 is 22.8 Å². The first-order valence-corrected chi connectivity index (χ1v) is 8.58. The molecule has 2 heterocycles. The van der Waals surface area contributed by atoms with Gasteiger partial charge in [-0.15, -0.1) is 0 Å². The van der Waals surface area contributed by atoms with Crippen LogP contribution >= 0.6 is 0 Å². The Kier molecular flexibility index (Phi) is 5.48. The Morgan fingerprint density at radius 3 is 2.39 bits per heavy atom. The third-order valence-corrected chi connectivity index (χ3v) is 4.49. The lowest BCUT2D eigenvalue weighted by molar-refractivity contribution is -0.138. The summed E-state index contributed by atoms with van der Waals surface area (Å²) in [6, 6.07) is 6.92. The topological polar surface area (TPSA) is 95.2 Å². The second-order valence-electron chi connectivity index (χ2n) is 6.39. The number of H-pyrrole nitrogens is 1. The van der Waals surface area contributed by atoms with Crippen LogP contribution in [-0.4, -0.2) is 46.0 Å². The number of alkyl halides is 3. The minimum absolute atomic E-state index is 0.0530. The number of rotatable bonds is 3. The molecule has 0 aliphatic carbocycles. The minimum atomic E-state index is -4.61. The van der Waals surface area contributed by atoms with Crippen molar-refractivity contribution in [2.45, 2.75) is 25.1 Å². The van der Waals surface area contributed by atoms with Gasteiger partial charge in [0.15, 0.2) is 0 Å². The highest BCUT2D eigenvalue weighted by molar-refractivity contribution is 5.96. The summed E-state index contributed by atoms with van der Waals surface area (Å²) in [5.41, 5.74) is -1.71. The molecule has 2 aromatic rings. The van der Waals surface area contributed by atoms with Gasteiger partial charge < -0.3 is 10.2 Å². The molecule has 10 heteroatoms. The van der Waals surface area contributed by atoms with Crippen LogP contribution < -0.4 is 10.9 Å². The molecule has 28 heavy (non-hydrogen) atoms. The number of hydrogen-bond donors (Lipinski definition) is 2. The first-order valence-electron chi connectivity index (χ1n) is 8.58. The van der Waals surface area contributed by atoms with Crippen LogP contribution in [0.3, 0.4) is 0 Å². The molecule has 1 aliphatic rings. The lowest BCUT2D eigenvalue weighted by atomic mass is 10.0. The first-order chi connectivity index (χ1) is 13.3. The number of hydrogen-bond acceptors (Lipinski definition) is 4. The van der Waals surface area contributed by atoms with E-state index in [1.807, 2.05) is 0 Å². The van der Waals surface area contributed by atoms with Crippen LogP contribution in [0.15, 0.2) is 41.2 Å². The molecule has 2 N–H and O–H groups in total. The van der Waals surface area contributed by atoms with E-state index in [9.17, 15) is 27.6 Å². The summed E-state index contributed by atoms with van der Waals surface area (Å²) in [6.45, 7) is 0.435. The van der Waals surface area contributed by atoms with E-state index in [1.165, 1.54) is 35.2 Å². The summed E-state index contributed by atoms with van der Waals surface area (Å²) in [7, 11) is 0. The monoisotopic (exact) mass is 394 g/mol. The molecule has 0 unspecified atom stereocenters. The minimum Gasteiger partial charge on any atom is -0.348 e. The van der Waals surface area contributed by atoms with Gasteiger partial charge in [-0.05, 0) is 31.0 Å². The number of nitrogens with one attached hydrogen (secondary N) is 2. The zero-order valence-corrected chi connectivity index (χ0v) is 14.6. The van der Waals surface area contributed by atoms with Crippen molar-refractivity contribution in [1.82, 2.24) is 20.4 Å². The maximum atomic E-state index is 13.1. The summed E-state index contributed by atoms with van der Waals surface area (Å²) in [5, 5.41) is 8.55. The lowest BCUT2D eigenvalue weighted by Gasteiger charge is -2.32. The van der Waals surface area contributed by atoms with E-state index >= 15 is 0 Å². The Hall–Kier alpha value is -3.17. The van der Waals surface area contributed by atoms with Crippen molar-refractivity contribution in [2.24, 2.45) is 0 Å². The Bertz CT molecular complexity index is 914. The second-order valence-corrected chi connectivity index (χ2v) is 6.39. The average Bonchev–Trinajstić information content (AvgIpc) is 2.68. The van der Waals surface area contributed by atoms with Crippen LogP contribution in [0.2, 0.25) is 0 Å². The molecule has 7 nitrogen and oxygen atoms in total. The van der Waals surface area contributed by atoms with Crippen LogP contribution in [0.4, 0.5) is 13.2 Å². The Morgan fingerprint density at radius 1 is 1.11 bits per heavy atom. The third-order valence-electron chi connectivity index (χ3n) is 4.49. The van der Waals surface area contributed by atoms with Crippen molar-refractivity contribution in [3.05, 3.63) is 63.6 Å². The molecule has 1 aliphatic heterocycles. The molecule has 1 fully saturated rings. The molecule has 2 amide bonds. The van der Waals surface area contributed by atoms with Gasteiger partial charge in [0.2, 0.25) is 0 Å². The van der Waals surface area contributed by atoms with E-state index in [0.717, 1.165) is 6.07 Å². The zero-order valence-electron chi connectivity index (χ0n) is 14.6. The van der Waals surface area contributed by atoms with Crippen molar-refractivity contribution >= 4 is 11.8 Å². The number of halogens is 3. The molecule has 0 saturated carbocycles. The van der Waals surface area contributed by atoms with Gasteiger partial charge >= 0.3 is 6.18 Å². The normalized spacial score (nSPS) is 15.3. The second kappa shape index (κ2) is 7.83. The Labute approximate surface area is 157 Å². The molecular formula is C18H17F3N4O3. The fraction of sp³-hybridized carbons (Fsp3) is 0.333. The highest BCUT2D eigenvalue weighted by Crippen LogP contribution is 2.32. The van der Waals surface area contributed by atoms with Gasteiger partial charge in [-0.3, -0.25) is 14.4 Å². The number of benzene rings is 1. The molecule has 0 atom stereocenters. The summed E-state index contributed by atoms with van der Waals surface area (Å²) < 4.78 is 39.4. The maximum absolute atomic E-state index is 13.1. The highest BCUT2D eigenvalue weighted by Gasteiger charge is 2.36. The fourth-order valence-corrected chi connectivity index (χ4v) is 3.04. The Morgan fingerprint density at radius 2 is 1.79 bits per heavy atom. The number of carbonyl (C=O) groups is 2. The van der Waals surface area contributed by atoms with E-state index in [4.69, 9.17) is 0 Å². The number of aromatic nitrogens is 2. The quantitative estimate of drug-likeness (QED) is 0.830. The Balaban J connectivity index is 1.61. The molecule has 1 aromatic carbocycles. The number of likely N-dealkylation sites (tertiary alicyclic amines) is 1. The van der Waals surface area contributed by atoms with Crippen molar-refractivity contribution in [3.63, 3.8) is 0 Å². The van der Waals surface area contributed by atoms with E-state index in [1.54, 1.807) is 0 Å². The number of piperidine rings is 1. The molecule has 3 rings (SSSR count). The number of amides is 2. The zero-order chi connectivity index (χ0) is 20.3. The van der Waals surface area contributed by atoms with Gasteiger partial charge in [0.25, 0.3) is 17.4 Å². The van der Waals surface area contributed by atoms with E-state index in [0.29, 0.717) is 12.8 Å². The molecule has 0 radical (unpaired) electrons. The molecule has 0 spiro atoms. The van der Waals surface area contributed by atoms with Crippen LogP contribution in [0.1, 0.15) is 39.3 Å². The molecular weight excluding hydrogens is 377 g/mol. The largest absolute Gasteiger partial charge is 0.417 e. The van der Waals surface area contributed by atoms with Crippen LogP contribution in [0.5, 0.6) is 0 Å².